The van der Waals surface area contributed by atoms with Crippen molar-refractivity contribution in [2.75, 3.05) is 17.2 Å². The standard InChI is InChI=1S/C19H20N2O5/c1-2-3-11-26-19(25)15-9-4-5-10-16(15)21-18(24)17(23)20-13-7-6-8-14(22)12-13/h4-10,12,22H,2-3,11H2,1H3,(H,20,23)(H,21,24). The number of phenolic OH excluding ortho intramolecular Hbond substituents is 1. The van der Waals surface area contributed by atoms with Gasteiger partial charge in [0, 0.05) is 11.8 Å². The fraction of sp³-hybridized carbons (Fsp3) is 0.211. The zero-order valence-electron chi connectivity index (χ0n) is 14.3. The van der Waals surface area contributed by atoms with Gasteiger partial charge in [0.25, 0.3) is 0 Å². The van der Waals surface area contributed by atoms with Crippen molar-refractivity contribution in [2.24, 2.45) is 0 Å². The van der Waals surface area contributed by atoms with E-state index in [2.05, 4.69) is 10.6 Å². The molecule has 0 bridgehead atoms. The number of hydrogen-bond acceptors (Lipinski definition) is 5. The van der Waals surface area contributed by atoms with E-state index in [0.717, 1.165) is 12.8 Å². The van der Waals surface area contributed by atoms with Gasteiger partial charge in [0.1, 0.15) is 5.75 Å². The van der Waals surface area contributed by atoms with Crippen LogP contribution in [0.2, 0.25) is 0 Å². The molecule has 136 valence electrons. The predicted octanol–water partition coefficient (Wildman–Crippen LogP) is 2.93. The van der Waals surface area contributed by atoms with Crippen molar-refractivity contribution >= 4 is 29.2 Å². The Morgan fingerprint density at radius 3 is 2.46 bits per heavy atom. The lowest BCUT2D eigenvalue weighted by Crippen LogP contribution is -2.29. The summed E-state index contributed by atoms with van der Waals surface area (Å²) in [5.41, 5.74) is 0.629. The van der Waals surface area contributed by atoms with E-state index in [1.165, 1.54) is 36.4 Å². The maximum Gasteiger partial charge on any atom is 0.340 e. The van der Waals surface area contributed by atoms with Gasteiger partial charge in [-0.25, -0.2) is 4.79 Å². The Balaban J connectivity index is 2.04. The highest BCUT2D eigenvalue weighted by Gasteiger charge is 2.18. The molecule has 2 amide bonds. The molecule has 0 aromatic heterocycles. The van der Waals surface area contributed by atoms with E-state index in [1.807, 2.05) is 6.92 Å². The van der Waals surface area contributed by atoms with E-state index in [9.17, 15) is 19.5 Å². The first-order valence-electron chi connectivity index (χ1n) is 8.18. The molecule has 0 heterocycles. The number of aromatic hydroxyl groups is 1. The molecule has 0 saturated heterocycles. The first kappa shape index (κ1) is 19.0. The first-order valence-corrected chi connectivity index (χ1v) is 8.18. The molecule has 0 atom stereocenters. The van der Waals surface area contributed by atoms with Gasteiger partial charge >= 0.3 is 17.8 Å². The molecule has 0 aliphatic heterocycles. The van der Waals surface area contributed by atoms with E-state index in [-0.39, 0.29) is 29.3 Å². The van der Waals surface area contributed by atoms with Crippen LogP contribution >= 0.6 is 0 Å². The van der Waals surface area contributed by atoms with Crippen LogP contribution in [0.5, 0.6) is 5.75 Å². The van der Waals surface area contributed by atoms with E-state index >= 15 is 0 Å². The van der Waals surface area contributed by atoms with Gasteiger partial charge in [-0.3, -0.25) is 9.59 Å². The average molecular weight is 356 g/mol. The number of benzene rings is 2. The SMILES string of the molecule is CCCCOC(=O)c1ccccc1NC(=O)C(=O)Nc1cccc(O)c1. The Morgan fingerprint density at radius 1 is 1.00 bits per heavy atom. The van der Waals surface area contributed by atoms with Gasteiger partial charge in [-0.15, -0.1) is 0 Å². The molecule has 0 spiro atoms. The second kappa shape index (κ2) is 9.22. The van der Waals surface area contributed by atoms with Crippen molar-refractivity contribution in [3.63, 3.8) is 0 Å². The third-order valence-electron chi connectivity index (χ3n) is 3.44. The number of phenols is 1. The van der Waals surface area contributed by atoms with Crippen LogP contribution in [0, 0.1) is 0 Å². The number of unbranched alkanes of at least 4 members (excludes halogenated alkanes) is 1. The fourth-order valence-corrected chi connectivity index (χ4v) is 2.11. The Bertz CT molecular complexity index is 804. The number of esters is 1. The van der Waals surface area contributed by atoms with Crippen molar-refractivity contribution in [3.05, 3.63) is 54.1 Å². The van der Waals surface area contributed by atoms with Gasteiger partial charge in [-0.1, -0.05) is 31.5 Å². The molecule has 3 N–H and O–H groups in total. The summed E-state index contributed by atoms with van der Waals surface area (Å²) < 4.78 is 5.14. The van der Waals surface area contributed by atoms with E-state index in [1.54, 1.807) is 12.1 Å². The van der Waals surface area contributed by atoms with Crippen molar-refractivity contribution in [1.82, 2.24) is 0 Å². The smallest absolute Gasteiger partial charge is 0.340 e. The third-order valence-corrected chi connectivity index (χ3v) is 3.44. The van der Waals surface area contributed by atoms with Crippen LogP contribution in [0.25, 0.3) is 0 Å². The van der Waals surface area contributed by atoms with Crippen molar-refractivity contribution in [1.29, 1.82) is 0 Å². The zero-order valence-corrected chi connectivity index (χ0v) is 14.3. The summed E-state index contributed by atoms with van der Waals surface area (Å²) in [5.74, 6) is -2.47. The molecule has 0 unspecified atom stereocenters. The summed E-state index contributed by atoms with van der Waals surface area (Å²) in [4.78, 5) is 36.2. The van der Waals surface area contributed by atoms with Gasteiger partial charge in [-0.2, -0.15) is 0 Å². The lowest BCUT2D eigenvalue weighted by molar-refractivity contribution is -0.133. The molecular weight excluding hydrogens is 336 g/mol. The molecule has 2 rings (SSSR count). The highest BCUT2D eigenvalue weighted by molar-refractivity contribution is 6.44. The average Bonchev–Trinajstić information content (AvgIpc) is 2.62. The largest absolute Gasteiger partial charge is 0.508 e. The summed E-state index contributed by atoms with van der Waals surface area (Å²) >= 11 is 0. The fourth-order valence-electron chi connectivity index (χ4n) is 2.11. The van der Waals surface area contributed by atoms with Gasteiger partial charge in [0.2, 0.25) is 0 Å². The van der Waals surface area contributed by atoms with Crippen LogP contribution in [0.3, 0.4) is 0 Å². The third kappa shape index (κ3) is 5.34. The van der Waals surface area contributed by atoms with Crippen LogP contribution in [0.1, 0.15) is 30.1 Å². The minimum atomic E-state index is -0.942. The molecule has 7 heteroatoms. The minimum Gasteiger partial charge on any atom is -0.508 e. The Morgan fingerprint density at radius 2 is 1.73 bits per heavy atom. The predicted molar refractivity (Wildman–Crippen MR) is 97.0 cm³/mol. The Kier molecular flexibility index (Phi) is 6.73. The number of rotatable bonds is 6. The van der Waals surface area contributed by atoms with Crippen molar-refractivity contribution in [3.8, 4) is 5.75 Å². The molecular formula is C19H20N2O5. The van der Waals surface area contributed by atoms with Gasteiger partial charge in [0.15, 0.2) is 0 Å². The molecule has 0 aliphatic carbocycles. The number of anilines is 2. The van der Waals surface area contributed by atoms with E-state index in [0.29, 0.717) is 0 Å². The summed E-state index contributed by atoms with van der Waals surface area (Å²) in [6, 6.07) is 12.1. The molecule has 2 aromatic carbocycles. The second-order valence-corrected chi connectivity index (χ2v) is 5.49. The highest BCUT2D eigenvalue weighted by Crippen LogP contribution is 2.18. The number of para-hydroxylation sites is 1. The molecule has 26 heavy (non-hydrogen) atoms. The first-order chi connectivity index (χ1) is 12.5. The summed E-state index contributed by atoms with van der Waals surface area (Å²) in [6.45, 7) is 2.27. The normalized spacial score (nSPS) is 10.0. The quantitative estimate of drug-likeness (QED) is 0.419. The Hall–Kier alpha value is -3.35. The topological polar surface area (TPSA) is 105 Å². The monoisotopic (exact) mass is 356 g/mol. The second-order valence-electron chi connectivity index (χ2n) is 5.49. The molecule has 2 aromatic rings. The van der Waals surface area contributed by atoms with E-state index in [4.69, 9.17) is 4.74 Å². The number of hydrogen-bond donors (Lipinski definition) is 3. The Labute approximate surface area is 151 Å². The van der Waals surface area contributed by atoms with Crippen LogP contribution in [0.15, 0.2) is 48.5 Å². The minimum absolute atomic E-state index is 0.0385. The maximum absolute atomic E-state index is 12.1. The zero-order chi connectivity index (χ0) is 18.9. The number of carbonyl (C=O) groups is 3. The maximum atomic E-state index is 12.1. The summed E-state index contributed by atoms with van der Waals surface area (Å²) in [7, 11) is 0. The molecule has 0 saturated carbocycles. The van der Waals surface area contributed by atoms with Crippen molar-refractivity contribution < 1.29 is 24.2 Å². The molecule has 7 nitrogen and oxygen atoms in total. The number of ether oxygens (including phenoxy) is 1. The van der Waals surface area contributed by atoms with Crippen LogP contribution in [-0.2, 0) is 14.3 Å². The van der Waals surface area contributed by atoms with Crippen molar-refractivity contribution in [2.45, 2.75) is 19.8 Å². The van der Waals surface area contributed by atoms with Gasteiger partial charge in [-0.05, 0) is 30.7 Å². The van der Waals surface area contributed by atoms with Crippen LogP contribution < -0.4 is 10.6 Å². The number of carbonyl (C=O) groups excluding carboxylic acids is 3. The van der Waals surface area contributed by atoms with Gasteiger partial charge in [0.05, 0.1) is 17.9 Å². The highest BCUT2D eigenvalue weighted by atomic mass is 16.5. The summed E-state index contributed by atoms with van der Waals surface area (Å²) in [6.07, 6.45) is 1.63. The molecule has 0 radical (unpaired) electrons. The van der Waals surface area contributed by atoms with E-state index < -0.39 is 17.8 Å². The molecule has 0 fully saturated rings. The van der Waals surface area contributed by atoms with Crippen LogP contribution in [-0.4, -0.2) is 29.5 Å². The lowest BCUT2D eigenvalue weighted by atomic mass is 10.1. The lowest BCUT2D eigenvalue weighted by Gasteiger charge is -2.11. The molecule has 0 aliphatic rings. The van der Waals surface area contributed by atoms with Crippen LogP contribution in [0.4, 0.5) is 11.4 Å². The van der Waals surface area contributed by atoms with Gasteiger partial charge < -0.3 is 20.5 Å². The number of amides is 2. The summed E-state index contributed by atoms with van der Waals surface area (Å²) in [5, 5.41) is 14.2. The number of nitrogens with one attached hydrogen (secondary N) is 2.